The second-order valence-electron chi connectivity index (χ2n) is 9.14. The van der Waals surface area contributed by atoms with Gasteiger partial charge >= 0.3 is 0 Å². The fraction of sp³-hybridized carbons (Fsp3) is 0.385. The SMILES string of the molecule is Cc1noc(C=Cc2ccco2)c1S(=O)(=O)N1CCC(C(=O)N2CCN(c3ccccc3)CC2)CC1. The first kappa shape index (κ1) is 24.3. The van der Waals surface area contributed by atoms with E-state index in [1.54, 1.807) is 31.2 Å². The van der Waals surface area contributed by atoms with Crippen LogP contribution in [0.2, 0.25) is 0 Å². The molecule has 9 nitrogen and oxygen atoms in total. The topological polar surface area (TPSA) is 100 Å². The highest BCUT2D eigenvalue weighted by atomic mass is 32.2. The van der Waals surface area contributed by atoms with E-state index in [1.807, 2.05) is 23.1 Å². The van der Waals surface area contributed by atoms with Crippen molar-refractivity contribution in [1.82, 2.24) is 14.4 Å². The van der Waals surface area contributed by atoms with Gasteiger partial charge in [0.05, 0.1) is 6.26 Å². The number of rotatable bonds is 6. The second kappa shape index (κ2) is 10.3. The summed E-state index contributed by atoms with van der Waals surface area (Å²) >= 11 is 0. The molecule has 4 heterocycles. The van der Waals surface area contributed by atoms with E-state index in [0.29, 0.717) is 37.4 Å². The number of carbonyl (C=O) groups excluding carboxylic acids is 1. The molecule has 0 aliphatic carbocycles. The summed E-state index contributed by atoms with van der Waals surface area (Å²) in [5.74, 6) is 0.708. The summed E-state index contributed by atoms with van der Waals surface area (Å²) in [5, 5.41) is 3.88. The highest BCUT2D eigenvalue weighted by molar-refractivity contribution is 7.89. The molecular weight excluding hydrogens is 480 g/mol. The number of nitrogens with zero attached hydrogens (tertiary/aromatic N) is 4. The van der Waals surface area contributed by atoms with Gasteiger partial charge in [0.25, 0.3) is 0 Å². The molecule has 10 heteroatoms. The van der Waals surface area contributed by atoms with Crippen molar-refractivity contribution >= 4 is 33.8 Å². The van der Waals surface area contributed by atoms with Gasteiger partial charge < -0.3 is 18.7 Å². The number of amides is 1. The number of aryl methyl sites for hydroxylation is 1. The van der Waals surface area contributed by atoms with Crippen molar-refractivity contribution in [3.05, 3.63) is 65.9 Å². The third kappa shape index (κ3) is 4.96. The van der Waals surface area contributed by atoms with E-state index in [1.165, 1.54) is 16.3 Å². The molecule has 190 valence electrons. The lowest BCUT2D eigenvalue weighted by atomic mass is 9.96. The fourth-order valence-corrected chi connectivity index (χ4v) is 6.62. The highest BCUT2D eigenvalue weighted by Gasteiger charge is 2.37. The molecule has 2 fully saturated rings. The maximum Gasteiger partial charge on any atom is 0.248 e. The maximum atomic E-state index is 13.5. The zero-order valence-electron chi connectivity index (χ0n) is 20.2. The molecule has 1 aromatic carbocycles. The van der Waals surface area contributed by atoms with E-state index in [-0.39, 0.29) is 35.6 Å². The Balaban J connectivity index is 1.20. The van der Waals surface area contributed by atoms with E-state index >= 15 is 0 Å². The number of carbonyl (C=O) groups is 1. The molecule has 5 rings (SSSR count). The summed E-state index contributed by atoms with van der Waals surface area (Å²) < 4.78 is 38.9. The summed E-state index contributed by atoms with van der Waals surface area (Å²) in [4.78, 5) is 17.5. The molecule has 0 saturated carbocycles. The first-order chi connectivity index (χ1) is 17.4. The molecule has 0 atom stereocenters. The number of benzene rings is 1. The Morgan fingerprint density at radius 1 is 0.972 bits per heavy atom. The second-order valence-corrected chi connectivity index (χ2v) is 11.0. The van der Waals surface area contributed by atoms with Gasteiger partial charge in [-0.2, -0.15) is 4.31 Å². The molecule has 2 aliphatic heterocycles. The molecule has 36 heavy (non-hydrogen) atoms. The molecule has 0 unspecified atom stereocenters. The highest BCUT2D eigenvalue weighted by Crippen LogP contribution is 2.30. The van der Waals surface area contributed by atoms with Crippen LogP contribution >= 0.6 is 0 Å². The number of furan rings is 1. The van der Waals surface area contributed by atoms with Crippen molar-refractivity contribution in [1.29, 1.82) is 0 Å². The van der Waals surface area contributed by atoms with E-state index < -0.39 is 10.0 Å². The van der Waals surface area contributed by atoms with Crippen molar-refractivity contribution in [2.75, 3.05) is 44.2 Å². The molecule has 0 bridgehead atoms. The fourth-order valence-electron chi connectivity index (χ4n) is 4.90. The van der Waals surface area contributed by atoms with Gasteiger partial charge in [-0.25, -0.2) is 8.42 Å². The van der Waals surface area contributed by atoms with E-state index in [9.17, 15) is 13.2 Å². The number of sulfonamides is 1. The van der Waals surface area contributed by atoms with Crippen molar-refractivity contribution in [2.24, 2.45) is 5.92 Å². The summed E-state index contributed by atoms with van der Waals surface area (Å²) in [6.45, 7) is 5.14. The Morgan fingerprint density at radius 3 is 2.36 bits per heavy atom. The van der Waals surface area contributed by atoms with Gasteiger partial charge in [0.1, 0.15) is 11.5 Å². The van der Waals surface area contributed by atoms with Crippen LogP contribution < -0.4 is 4.90 Å². The van der Waals surface area contributed by atoms with Crippen LogP contribution in [0.15, 0.2) is 62.6 Å². The molecule has 0 N–H and O–H groups in total. The molecule has 1 amide bonds. The van der Waals surface area contributed by atoms with E-state index in [4.69, 9.17) is 8.94 Å². The van der Waals surface area contributed by atoms with Crippen LogP contribution in [0.3, 0.4) is 0 Å². The molecule has 2 saturated heterocycles. The van der Waals surface area contributed by atoms with Gasteiger partial charge in [-0.1, -0.05) is 23.4 Å². The van der Waals surface area contributed by atoms with Crippen LogP contribution in [0.4, 0.5) is 5.69 Å². The molecule has 2 aromatic heterocycles. The standard InChI is InChI=1S/C26H30N4O5S/c1-20-25(24(35-27-20)10-9-23-8-5-19-34-23)36(32,33)30-13-11-21(12-14-30)26(31)29-17-15-28(16-18-29)22-6-3-2-4-7-22/h2-10,19,21H,11-18H2,1H3. The van der Waals surface area contributed by atoms with Crippen LogP contribution in [0.25, 0.3) is 12.2 Å². The zero-order valence-corrected chi connectivity index (χ0v) is 21.1. The van der Waals surface area contributed by atoms with Crippen molar-refractivity contribution < 1.29 is 22.2 Å². The summed E-state index contributed by atoms with van der Waals surface area (Å²) in [6.07, 6.45) is 5.73. The largest absolute Gasteiger partial charge is 0.465 e. The van der Waals surface area contributed by atoms with Crippen LogP contribution in [0, 0.1) is 12.8 Å². The lowest BCUT2D eigenvalue weighted by Crippen LogP contribution is -2.52. The average Bonchev–Trinajstić information content (AvgIpc) is 3.57. The quantitative estimate of drug-likeness (QED) is 0.500. The van der Waals surface area contributed by atoms with Gasteiger partial charge in [0, 0.05) is 50.9 Å². The van der Waals surface area contributed by atoms with Gasteiger partial charge in [0.2, 0.25) is 15.9 Å². The minimum Gasteiger partial charge on any atom is -0.465 e. The number of anilines is 1. The van der Waals surface area contributed by atoms with E-state index in [0.717, 1.165) is 13.1 Å². The summed E-state index contributed by atoms with van der Waals surface area (Å²) in [7, 11) is -3.82. The van der Waals surface area contributed by atoms with Gasteiger partial charge in [-0.15, -0.1) is 0 Å². The zero-order chi connectivity index (χ0) is 25.1. The van der Waals surface area contributed by atoms with Crippen molar-refractivity contribution in [3.63, 3.8) is 0 Å². The van der Waals surface area contributed by atoms with Gasteiger partial charge in [-0.05, 0) is 56.2 Å². The Morgan fingerprint density at radius 2 is 1.69 bits per heavy atom. The van der Waals surface area contributed by atoms with Crippen LogP contribution in [0.5, 0.6) is 0 Å². The number of para-hydroxylation sites is 1. The number of aromatic nitrogens is 1. The minimum absolute atomic E-state index is 0.0621. The van der Waals surface area contributed by atoms with Crippen LogP contribution in [-0.4, -0.2) is 68.0 Å². The monoisotopic (exact) mass is 510 g/mol. The maximum absolute atomic E-state index is 13.5. The van der Waals surface area contributed by atoms with Crippen LogP contribution in [0.1, 0.15) is 30.1 Å². The summed E-state index contributed by atoms with van der Waals surface area (Å²) in [6, 6.07) is 13.7. The smallest absolute Gasteiger partial charge is 0.248 e. The first-order valence-electron chi connectivity index (χ1n) is 12.2. The number of piperidine rings is 1. The third-order valence-electron chi connectivity index (χ3n) is 6.89. The average molecular weight is 511 g/mol. The summed E-state index contributed by atoms with van der Waals surface area (Å²) in [5.41, 5.74) is 1.48. The van der Waals surface area contributed by atoms with Gasteiger partial charge in [-0.3, -0.25) is 4.79 Å². The molecule has 0 spiro atoms. The Hall–Kier alpha value is -3.37. The predicted octanol–water partition coefficient (Wildman–Crippen LogP) is 3.50. The Kier molecular flexibility index (Phi) is 6.97. The minimum atomic E-state index is -3.82. The predicted molar refractivity (Wildman–Crippen MR) is 136 cm³/mol. The number of hydrogen-bond donors (Lipinski definition) is 0. The van der Waals surface area contributed by atoms with Crippen molar-refractivity contribution in [2.45, 2.75) is 24.7 Å². The van der Waals surface area contributed by atoms with Gasteiger partial charge in [0.15, 0.2) is 10.7 Å². The third-order valence-corrected chi connectivity index (χ3v) is 8.95. The number of hydrogen-bond acceptors (Lipinski definition) is 7. The molecule has 3 aromatic rings. The molecule has 2 aliphatic rings. The molecule has 0 radical (unpaired) electrons. The van der Waals surface area contributed by atoms with E-state index in [2.05, 4.69) is 22.2 Å². The molecular formula is C26H30N4O5S. The normalized spacial score (nSPS) is 18.2. The lowest BCUT2D eigenvalue weighted by molar-refractivity contribution is -0.137. The first-order valence-corrected chi connectivity index (χ1v) is 13.6. The Bertz CT molecular complexity index is 1300. The lowest BCUT2D eigenvalue weighted by Gasteiger charge is -2.39. The Labute approximate surface area is 211 Å². The van der Waals surface area contributed by atoms with Crippen molar-refractivity contribution in [3.8, 4) is 0 Å². The van der Waals surface area contributed by atoms with Crippen LogP contribution in [-0.2, 0) is 14.8 Å². The number of piperazine rings is 1.